The van der Waals surface area contributed by atoms with Gasteiger partial charge in [-0.3, -0.25) is 0 Å². The first-order chi connectivity index (χ1) is 27.3. The molecule has 258 valence electrons. The highest BCUT2D eigenvalue weighted by Crippen LogP contribution is 2.66. The van der Waals surface area contributed by atoms with Gasteiger partial charge in [0.25, 0.3) is 0 Å². The summed E-state index contributed by atoms with van der Waals surface area (Å²) in [4.78, 5) is 4.87. The molecule has 0 radical (unpaired) electrons. The van der Waals surface area contributed by atoms with E-state index in [2.05, 4.69) is 228 Å². The minimum atomic E-state index is -0.568. The molecule has 0 aromatic heterocycles. The van der Waals surface area contributed by atoms with Gasteiger partial charge in [0.2, 0.25) is 0 Å². The van der Waals surface area contributed by atoms with Gasteiger partial charge in [0.05, 0.1) is 11.1 Å². The van der Waals surface area contributed by atoms with Crippen LogP contribution in [0, 0.1) is 0 Å². The average Bonchev–Trinajstić information content (AvgIpc) is 3.72. The molecule has 55 heavy (non-hydrogen) atoms. The van der Waals surface area contributed by atoms with Crippen LogP contribution in [0.4, 0.5) is 34.1 Å². The number of para-hydroxylation sites is 4. The third-order valence-electron chi connectivity index (χ3n) is 11.6. The van der Waals surface area contributed by atoms with Crippen LogP contribution in [0.1, 0.15) is 22.3 Å². The molecule has 1 atom stereocenters. The fourth-order valence-corrected chi connectivity index (χ4v) is 9.47. The second-order valence-corrected chi connectivity index (χ2v) is 14.5. The van der Waals surface area contributed by atoms with Gasteiger partial charge in [-0.1, -0.05) is 152 Å². The molecule has 2 aliphatic rings. The molecule has 0 amide bonds. The first-order valence-corrected chi connectivity index (χ1v) is 19.0. The Labute approximate surface area is 321 Å². The van der Waals surface area contributed by atoms with E-state index in [1.165, 1.54) is 61.0 Å². The van der Waals surface area contributed by atoms with Crippen molar-refractivity contribution < 1.29 is 0 Å². The summed E-state index contributed by atoms with van der Waals surface area (Å²) in [5.41, 5.74) is 16.6. The van der Waals surface area contributed by atoms with Crippen LogP contribution in [-0.2, 0) is 5.41 Å². The summed E-state index contributed by atoms with van der Waals surface area (Å²) in [5, 5.41) is 2.45. The lowest BCUT2D eigenvalue weighted by Gasteiger charge is -2.36. The van der Waals surface area contributed by atoms with Crippen molar-refractivity contribution in [3.63, 3.8) is 0 Å². The van der Waals surface area contributed by atoms with Gasteiger partial charge in [0, 0.05) is 39.4 Å². The van der Waals surface area contributed by atoms with Crippen molar-refractivity contribution in [3.05, 3.63) is 241 Å². The van der Waals surface area contributed by atoms with Crippen LogP contribution in [0.2, 0.25) is 0 Å². The van der Waals surface area contributed by atoms with Gasteiger partial charge >= 0.3 is 0 Å². The Kier molecular flexibility index (Phi) is 7.11. The number of rotatable bonds is 6. The van der Waals surface area contributed by atoms with Crippen molar-refractivity contribution in [2.24, 2.45) is 0 Å². The number of nitrogens with zero attached hydrogens (tertiary/aromatic N) is 2. The van der Waals surface area contributed by atoms with Crippen molar-refractivity contribution in [3.8, 4) is 22.3 Å². The van der Waals surface area contributed by atoms with E-state index in [-0.39, 0.29) is 0 Å². The second kappa shape index (κ2) is 12.5. The maximum atomic E-state index is 2.50. The van der Waals surface area contributed by atoms with Gasteiger partial charge in [-0.15, -0.1) is 0 Å². The summed E-state index contributed by atoms with van der Waals surface area (Å²) < 4.78 is 0. The van der Waals surface area contributed by atoms with E-state index >= 15 is 0 Å². The molecule has 2 nitrogen and oxygen atoms in total. The molecule has 9 aromatic carbocycles. The largest absolute Gasteiger partial charge is 0.310 e. The summed E-state index contributed by atoms with van der Waals surface area (Å²) in [6.45, 7) is 0. The predicted molar refractivity (Wildman–Crippen MR) is 230 cm³/mol. The van der Waals surface area contributed by atoms with Gasteiger partial charge in [-0.25, -0.2) is 0 Å². The van der Waals surface area contributed by atoms with Crippen molar-refractivity contribution in [2.75, 3.05) is 9.80 Å². The first-order valence-electron chi connectivity index (χ1n) is 19.0. The Bertz CT molecular complexity index is 2790. The van der Waals surface area contributed by atoms with Crippen molar-refractivity contribution in [1.29, 1.82) is 0 Å². The Hall–Kier alpha value is -7.16. The molecule has 2 aliphatic carbocycles. The Morgan fingerprint density at radius 3 is 1.29 bits per heavy atom. The molecule has 11 rings (SSSR count). The van der Waals surface area contributed by atoms with E-state index < -0.39 is 5.41 Å². The van der Waals surface area contributed by atoms with Gasteiger partial charge in [0.15, 0.2) is 0 Å². The highest BCUT2D eigenvalue weighted by atomic mass is 15.2. The summed E-state index contributed by atoms with van der Waals surface area (Å²) in [6.07, 6.45) is 0. The molecule has 1 spiro atoms. The van der Waals surface area contributed by atoms with Crippen LogP contribution in [0.5, 0.6) is 0 Å². The fraction of sp³-hybridized carbons (Fsp3) is 0.0189. The molecule has 9 aromatic rings. The zero-order valence-corrected chi connectivity index (χ0v) is 30.2. The van der Waals surface area contributed by atoms with Gasteiger partial charge in [0.1, 0.15) is 0 Å². The van der Waals surface area contributed by atoms with Crippen LogP contribution in [0.25, 0.3) is 33.0 Å². The number of anilines is 6. The van der Waals surface area contributed by atoms with Crippen LogP contribution >= 0.6 is 0 Å². The monoisotopic (exact) mass is 700 g/mol. The smallest absolute Gasteiger partial charge is 0.0746 e. The zero-order chi connectivity index (χ0) is 36.3. The van der Waals surface area contributed by atoms with E-state index in [9.17, 15) is 0 Å². The number of fused-ring (bicyclic) bond motifs is 11. The number of hydrogen-bond donors (Lipinski definition) is 0. The maximum Gasteiger partial charge on any atom is 0.0746 e. The fourth-order valence-electron chi connectivity index (χ4n) is 9.47. The minimum absolute atomic E-state index is 0.568. The predicted octanol–water partition coefficient (Wildman–Crippen LogP) is 14.1. The Morgan fingerprint density at radius 2 is 0.727 bits per heavy atom. The van der Waals surface area contributed by atoms with E-state index in [0.29, 0.717) is 0 Å². The highest BCUT2D eigenvalue weighted by molar-refractivity contribution is 6.10. The zero-order valence-electron chi connectivity index (χ0n) is 30.2. The van der Waals surface area contributed by atoms with Gasteiger partial charge < -0.3 is 9.80 Å². The number of benzene rings is 9. The SMILES string of the molecule is c1ccc(N(c2ccccc2)c2ccc3c(c2)-c2ccccc2C32c3ccccc3-c3cc4ccccc4c(N(c4ccccc4)c4ccccc4)c32)cc1. The summed E-state index contributed by atoms with van der Waals surface area (Å²) in [7, 11) is 0. The van der Waals surface area contributed by atoms with Crippen LogP contribution < -0.4 is 9.80 Å². The van der Waals surface area contributed by atoms with Crippen molar-refractivity contribution in [1.82, 2.24) is 0 Å². The quantitative estimate of drug-likeness (QED) is 0.170. The first kappa shape index (κ1) is 31.4. The lowest BCUT2D eigenvalue weighted by Crippen LogP contribution is -2.28. The van der Waals surface area contributed by atoms with Crippen LogP contribution in [0.15, 0.2) is 218 Å². The molecule has 0 heterocycles. The standard InChI is InChI=1S/C53H36N2/c1-5-20-38(21-6-1)54(39-22-7-2-8-23-39)42-33-34-50-46(36-42)44-29-15-17-31-48(44)53(50)49-32-18-16-30-45(49)47-35-37-19-13-14-28-43(37)52(51(47)53)55(40-24-9-3-10-25-40)41-26-11-4-12-27-41/h1-36H. The molecular formula is C53H36N2. The summed E-state index contributed by atoms with van der Waals surface area (Å²) in [5.74, 6) is 0. The van der Waals surface area contributed by atoms with E-state index in [4.69, 9.17) is 0 Å². The number of hydrogen-bond acceptors (Lipinski definition) is 2. The van der Waals surface area contributed by atoms with Crippen molar-refractivity contribution in [2.45, 2.75) is 5.41 Å². The molecule has 0 saturated carbocycles. The lowest BCUT2D eigenvalue weighted by molar-refractivity contribution is 0.794. The molecule has 0 aliphatic heterocycles. The van der Waals surface area contributed by atoms with E-state index in [1.54, 1.807) is 0 Å². The van der Waals surface area contributed by atoms with Gasteiger partial charge in [-0.2, -0.15) is 0 Å². The third-order valence-corrected chi connectivity index (χ3v) is 11.6. The molecule has 0 saturated heterocycles. The van der Waals surface area contributed by atoms with E-state index in [1.807, 2.05) is 0 Å². The summed E-state index contributed by atoms with van der Waals surface area (Å²) in [6, 6.07) is 80.0. The van der Waals surface area contributed by atoms with E-state index in [0.717, 1.165) is 28.4 Å². The average molecular weight is 701 g/mol. The normalized spacial score (nSPS) is 14.6. The molecule has 0 fully saturated rings. The molecule has 1 unspecified atom stereocenters. The van der Waals surface area contributed by atoms with Crippen molar-refractivity contribution >= 4 is 44.9 Å². The van der Waals surface area contributed by atoms with Crippen LogP contribution in [0.3, 0.4) is 0 Å². The minimum Gasteiger partial charge on any atom is -0.310 e. The molecule has 2 heteroatoms. The summed E-state index contributed by atoms with van der Waals surface area (Å²) >= 11 is 0. The van der Waals surface area contributed by atoms with Gasteiger partial charge in [-0.05, 0) is 111 Å². The van der Waals surface area contributed by atoms with Crippen LogP contribution in [-0.4, -0.2) is 0 Å². The highest BCUT2D eigenvalue weighted by Gasteiger charge is 2.54. The lowest BCUT2D eigenvalue weighted by atomic mass is 9.69. The Balaban J connectivity index is 1.27. The Morgan fingerprint density at radius 1 is 0.291 bits per heavy atom. The third kappa shape index (κ3) is 4.62. The topological polar surface area (TPSA) is 6.48 Å². The molecule has 0 bridgehead atoms. The maximum absolute atomic E-state index is 2.50. The molecule has 0 N–H and O–H groups in total. The second-order valence-electron chi connectivity index (χ2n) is 14.5. The molecular weight excluding hydrogens is 665 g/mol.